The van der Waals surface area contributed by atoms with Crippen LogP contribution in [0.4, 0.5) is 5.69 Å². The number of halogens is 1. The Balaban J connectivity index is 1.50. The fourth-order valence-corrected chi connectivity index (χ4v) is 6.06. The molecule has 3 aromatic rings. The number of anilines is 1. The molecule has 0 radical (unpaired) electrons. The van der Waals surface area contributed by atoms with Gasteiger partial charge in [0, 0.05) is 16.8 Å². The maximum Gasteiger partial charge on any atom is 0.240 e. The van der Waals surface area contributed by atoms with Gasteiger partial charge in [-0.1, -0.05) is 53.6 Å². The zero-order valence-electron chi connectivity index (χ0n) is 19.3. The average molecular weight is 483 g/mol. The van der Waals surface area contributed by atoms with Crippen LogP contribution in [-0.2, 0) is 9.59 Å². The predicted octanol–water partition coefficient (Wildman–Crippen LogP) is 5.36. The van der Waals surface area contributed by atoms with Crippen molar-refractivity contribution in [2.75, 3.05) is 4.90 Å². The van der Waals surface area contributed by atoms with E-state index in [9.17, 15) is 14.4 Å². The van der Waals surface area contributed by atoms with E-state index in [2.05, 4.69) is 0 Å². The average Bonchev–Trinajstić information content (AvgIpc) is 3.32. The van der Waals surface area contributed by atoms with Crippen molar-refractivity contribution < 1.29 is 14.4 Å². The zero-order valence-corrected chi connectivity index (χ0v) is 20.1. The highest BCUT2D eigenvalue weighted by Gasteiger charge is 2.64. The van der Waals surface area contributed by atoms with E-state index < -0.39 is 23.9 Å². The molecule has 3 heterocycles. The summed E-state index contributed by atoms with van der Waals surface area (Å²) in [5.41, 5.74) is 4.92. The van der Waals surface area contributed by atoms with Crippen LogP contribution in [0.25, 0.3) is 6.08 Å². The van der Waals surface area contributed by atoms with Crippen LogP contribution in [0, 0.1) is 25.7 Å². The first-order valence-electron chi connectivity index (χ1n) is 11.7. The van der Waals surface area contributed by atoms with E-state index >= 15 is 0 Å². The molecule has 0 saturated carbocycles. The number of benzene rings is 3. The van der Waals surface area contributed by atoms with Crippen LogP contribution in [0.1, 0.15) is 38.7 Å². The number of hydrogen-bond acceptors (Lipinski definition) is 4. The molecule has 6 heteroatoms. The molecule has 0 N–H and O–H groups in total. The second-order valence-corrected chi connectivity index (χ2v) is 9.94. The van der Waals surface area contributed by atoms with Crippen LogP contribution in [-0.4, -0.2) is 28.5 Å². The van der Waals surface area contributed by atoms with Crippen LogP contribution in [0.2, 0.25) is 5.02 Å². The number of rotatable bonds is 3. The lowest BCUT2D eigenvalue weighted by Gasteiger charge is -2.35. The summed E-state index contributed by atoms with van der Waals surface area (Å²) in [4.78, 5) is 45.1. The molecule has 5 nitrogen and oxygen atoms in total. The Bertz CT molecular complexity index is 1430. The molecule has 4 unspecified atom stereocenters. The Morgan fingerprint density at radius 1 is 0.886 bits per heavy atom. The highest BCUT2D eigenvalue weighted by atomic mass is 35.5. The minimum Gasteiger partial charge on any atom is -0.358 e. The summed E-state index contributed by atoms with van der Waals surface area (Å²) in [6.07, 6.45) is 3.82. The number of amides is 2. The molecule has 2 fully saturated rings. The van der Waals surface area contributed by atoms with Crippen LogP contribution < -0.4 is 4.90 Å². The molecule has 6 rings (SSSR count). The van der Waals surface area contributed by atoms with E-state index in [1.54, 1.807) is 24.3 Å². The van der Waals surface area contributed by atoms with Gasteiger partial charge in [0.2, 0.25) is 11.8 Å². The third-order valence-corrected chi connectivity index (χ3v) is 7.70. The standard InChI is InChI=1S/C29H23ClN2O3/c1-16-7-12-22(17(2)15-16)32-28(34)23-24(29(32)35)26(27(33)19-8-10-20(30)11-9-19)31-14-13-18-5-3-4-6-21(18)25(23)31/h3-15,23-26H,1-2H3. The smallest absolute Gasteiger partial charge is 0.240 e. The molecule has 3 aliphatic heterocycles. The first-order valence-corrected chi connectivity index (χ1v) is 12.0. The number of hydrogen-bond donors (Lipinski definition) is 0. The highest BCUT2D eigenvalue weighted by Crippen LogP contribution is 2.54. The predicted molar refractivity (Wildman–Crippen MR) is 135 cm³/mol. The molecule has 3 aromatic carbocycles. The Morgan fingerprint density at radius 2 is 1.60 bits per heavy atom. The summed E-state index contributed by atoms with van der Waals surface area (Å²) >= 11 is 6.05. The lowest BCUT2D eigenvalue weighted by molar-refractivity contribution is -0.123. The van der Waals surface area contributed by atoms with Gasteiger partial charge in [0.05, 0.1) is 23.6 Å². The SMILES string of the molecule is Cc1ccc(N2C(=O)C3C(C2=O)C2c4ccccc4C=CN2C3C(=O)c2ccc(Cl)cc2)c(C)c1. The fraction of sp³-hybridized carbons (Fsp3) is 0.207. The first-order chi connectivity index (χ1) is 16.9. The van der Waals surface area contributed by atoms with Gasteiger partial charge in [-0.2, -0.15) is 0 Å². The van der Waals surface area contributed by atoms with Gasteiger partial charge in [0.15, 0.2) is 5.78 Å². The first kappa shape index (κ1) is 21.8. The Hall–Kier alpha value is -3.70. The van der Waals surface area contributed by atoms with Gasteiger partial charge in [0.25, 0.3) is 0 Å². The lowest BCUT2D eigenvalue weighted by atomic mass is 9.83. The zero-order chi connectivity index (χ0) is 24.4. The van der Waals surface area contributed by atoms with E-state index in [-0.39, 0.29) is 17.6 Å². The van der Waals surface area contributed by atoms with Gasteiger partial charge < -0.3 is 4.90 Å². The fourth-order valence-electron chi connectivity index (χ4n) is 5.94. The number of aryl methyl sites for hydroxylation is 2. The van der Waals surface area contributed by atoms with Gasteiger partial charge in [-0.15, -0.1) is 0 Å². The van der Waals surface area contributed by atoms with E-state index in [0.717, 1.165) is 22.3 Å². The third kappa shape index (κ3) is 3.18. The van der Waals surface area contributed by atoms with E-state index in [1.165, 1.54) is 4.90 Å². The minimum absolute atomic E-state index is 0.188. The normalized spacial score (nSPS) is 24.4. The third-order valence-electron chi connectivity index (χ3n) is 7.45. The Labute approximate surface area is 208 Å². The monoisotopic (exact) mass is 482 g/mol. The van der Waals surface area contributed by atoms with Gasteiger partial charge in [0.1, 0.15) is 6.04 Å². The van der Waals surface area contributed by atoms with Crippen molar-refractivity contribution in [2.24, 2.45) is 11.8 Å². The number of ketones is 1. The molecule has 0 bridgehead atoms. The summed E-state index contributed by atoms with van der Waals surface area (Å²) < 4.78 is 0. The maximum absolute atomic E-state index is 14.0. The molecule has 2 saturated heterocycles. The Morgan fingerprint density at radius 3 is 2.34 bits per heavy atom. The van der Waals surface area contributed by atoms with Crippen LogP contribution in [0.3, 0.4) is 0 Å². The number of carbonyl (C=O) groups is 3. The molecule has 35 heavy (non-hydrogen) atoms. The largest absolute Gasteiger partial charge is 0.358 e. The molecule has 4 atom stereocenters. The molecular weight excluding hydrogens is 460 g/mol. The van der Waals surface area contributed by atoms with Crippen molar-refractivity contribution in [3.8, 4) is 0 Å². The van der Waals surface area contributed by atoms with E-state index in [4.69, 9.17) is 11.6 Å². The number of carbonyl (C=O) groups excluding carboxylic acids is 3. The van der Waals surface area contributed by atoms with Crippen LogP contribution in [0.15, 0.2) is 72.9 Å². The molecule has 0 aliphatic carbocycles. The van der Waals surface area contributed by atoms with Crippen LogP contribution in [0.5, 0.6) is 0 Å². The second-order valence-electron chi connectivity index (χ2n) is 9.51. The van der Waals surface area contributed by atoms with Gasteiger partial charge in [-0.05, 0) is 66.9 Å². The summed E-state index contributed by atoms with van der Waals surface area (Å²) in [7, 11) is 0. The topological polar surface area (TPSA) is 57.7 Å². The van der Waals surface area contributed by atoms with Gasteiger partial charge >= 0.3 is 0 Å². The van der Waals surface area contributed by atoms with Crippen molar-refractivity contribution >= 4 is 41.0 Å². The van der Waals surface area contributed by atoms with E-state index in [0.29, 0.717) is 16.3 Å². The minimum atomic E-state index is -0.789. The molecule has 2 amide bonds. The van der Waals surface area contributed by atoms with Crippen molar-refractivity contribution in [1.29, 1.82) is 0 Å². The quantitative estimate of drug-likeness (QED) is 0.373. The van der Waals surface area contributed by atoms with Crippen molar-refractivity contribution in [1.82, 2.24) is 4.90 Å². The maximum atomic E-state index is 14.0. The molecule has 174 valence electrons. The van der Waals surface area contributed by atoms with Crippen LogP contribution >= 0.6 is 11.6 Å². The molecule has 0 aromatic heterocycles. The second kappa shape index (κ2) is 7.92. The van der Waals surface area contributed by atoms with Crippen molar-refractivity contribution in [3.63, 3.8) is 0 Å². The molecule has 3 aliphatic rings. The molecule has 0 spiro atoms. The number of nitrogens with zero attached hydrogens (tertiary/aromatic N) is 2. The van der Waals surface area contributed by atoms with Gasteiger partial charge in [-0.3, -0.25) is 14.4 Å². The highest BCUT2D eigenvalue weighted by molar-refractivity contribution is 6.30. The summed E-state index contributed by atoms with van der Waals surface area (Å²) in [6.45, 7) is 3.88. The molecular formula is C29H23ClN2O3. The van der Waals surface area contributed by atoms with Crippen molar-refractivity contribution in [2.45, 2.75) is 25.9 Å². The summed E-state index contributed by atoms with van der Waals surface area (Å²) in [6, 6.07) is 19.1. The number of fused-ring (bicyclic) bond motifs is 5. The van der Waals surface area contributed by atoms with Gasteiger partial charge in [-0.25, -0.2) is 4.90 Å². The van der Waals surface area contributed by atoms with Crippen molar-refractivity contribution in [3.05, 3.63) is 106 Å². The lowest BCUT2D eigenvalue weighted by Crippen LogP contribution is -2.44. The van der Waals surface area contributed by atoms with E-state index in [1.807, 2.05) is 73.5 Å². The summed E-state index contributed by atoms with van der Waals surface area (Å²) in [5.74, 6) is -2.20. The number of Topliss-reactive ketones (excluding diaryl/α,β-unsaturated/α-hetero) is 1. The summed E-state index contributed by atoms with van der Waals surface area (Å²) in [5, 5.41) is 0.531. The Kier molecular flexibility index (Phi) is 4.94. The number of imide groups is 1.